The van der Waals surface area contributed by atoms with Gasteiger partial charge in [0.15, 0.2) is 0 Å². The summed E-state index contributed by atoms with van der Waals surface area (Å²) in [6.45, 7) is 1.99. The number of aliphatic hydroxyl groups is 1. The quantitative estimate of drug-likeness (QED) is 0.586. The number of benzene rings is 2. The highest BCUT2D eigenvalue weighted by Crippen LogP contribution is 2.25. The highest BCUT2D eigenvalue weighted by atomic mass is 16.6. The van der Waals surface area contributed by atoms with Crippen LogP contribution in [0.1, 0.15) is 23.6 Å². The van der Waals surface area contributed by atoms with E-state index in [1.165, 1.54) is 6.07 Å². The molecule has 2 aromatic carbocycles. The number of likely N-dealkylation sites (N-methyl/N-ethyl adjacent to an activating group) is 1. The molecule has 2 aromatic rings. The molecule has 1 saturated heterocycles. The monoisotopic (exact) mass is 383 g/mol. The Labute approximate surface area is 164 Å². The highest BCUT2D eigenvalue weighted by Gasteiger charge is 2.28. The van der Waals surface area contributed by atoms with Crippen LogP contribution in [0.3, 0.4) is 0 Å². The van der Waals surface area contributed by atoms with Gasteiger partial charge in [-0.2, -0.15) is 0 Å². The average molecular weight is 383 g/mol. The van der Waals surface area contributed by atoms with Crippen LogP contribution < -0.4 is 0 Å². The summed E-state index contributed by atoms with van der Waals surface area (Å²) in [5.41, 5.74) is 1.37. The van der Waals surface area contributed by atoms with Gasteiger partial charge in [0.05, 0.1) is 23.5 Å². The minimum absolute atomic E-state index is 0.0282. The number of hydrogen-bond donors (Lipinski definition) is 1. The van der Waals surface area contributed by atoms with Crippen LogP contribution in [0, 0.1) is 10.1 Å². The van der Waals surface area contributed by atoms with Crippen molar-refractivity contribution in [2.45, 2.75) is 25.0 Å². The summed E-state index contributed by atoms with van der Waals surface area (Å²) in [6, 6.07) is 15.9. The van der Waals surface area contributed by atoms with Gasteiger partial charge in [-0.05, 0) is 12.0 Å². The predicted octanol–water partition coefficient (Wildman–Crippen LogP) is 2.40. The molecule has 0 spiro atoms. The second kappa shape index (κ2) is 8.95. The van der Waals surface area contributed by atoms with E-state index in [4.69, 9.17) is 0 Å². The number of hydrogen-bond acceptors (Lipinski definition) is 5. The van der Waals surface area contributed by atoms with E-state index in [0.29, 0.717) is 18.7 Å². The van der Waals surface area contributed by atoms with Crippen molar-refractivity contribution in [3.63, 3.8) is 0 Å². The maximum atomic E-state index is 13.0. The van der Waals surface area contributed by atoms with Crippen molar-refractivity contribution in [1.29, 1.82) is 0 Å². The van der Waals surface area contributed by atoms with Gasteiger partial charge in [-0.3, -0.25) is 19.8 Å². The Morgan fingerprint density at radius 2 is 1.93 bits per heavy atom. The number of rotatable bonds is 7. The maximum absolute atomic E-state index is 13.0. The molecule has 7 heteroatoms. The molecule has 0 bridgehead atoms. The van der Waals surface area contributed by atoms with E-state index >= 15 is 0 Å². The second-order valence-electron chi connectivity index (χ2n) is 7.20. The number of nitro groups is 1. The van der Waals surface area contributed by atoms with E-state index < -0.39 is 4.92 Å². The van der Waals surface area contributed by atoms with Gasteiger partial charge >= 0.3 is 0 Å². The molecule has 1 aliphatic heterocycles. The molecule has 0 unspecified atom stereocenters. The van der Waals surface area contributed by atoms with E-state index in [1.54, 1.807) is 30.1 Å². The Morgan fingerprint density at radius 3 is 2.57 bits per heavy atom. The van der Waals surface area contributed by atoms with Crippen molar-refractivity contribution in [1.82, 2.24) is 9.80 Å². The van der Waals surface area contributed by atoms with Crippen molar-refractivity contribution in [3.8, 4) is 0 Å². The number of likely N-dealkylation sites (tertiary alicyclic amines) is 1. The third-order valence-corrected chi connectivity index (χ3v) is 5.25. The van der Waals surface area contributed by atoms with Gasteiger partial charge in [0.2, 0.25) is 5.91 Å². The van der Waals surface area contributed by atoms with E-state index in [9.17, 15) is 20.0 Å². The Balaban J connectivity index is 1.79. The lowest BCUT2D eigenvalue weighted by molar-refractivity contribution is -0.385. The molecule has 0 aromatic heterocycles. The van der Waals surface area contributed by atoms with Crippen molar-refractivity contribution >= 4 is 11.6 Å². The third kappa shape index (κ3) is 4.74. The number of β-amino-alcohol motifs (C(OH)–C–C–N with tert-alkyl or cyclic N) is 1. The number of nitro benzene ring substituents is 1. The number of carbonyl (C=O) groups is 1. The highest BCUT2D eigenvalue weighted by molar-refractivity contribution is 5.80. The first kappa shape index (κ1) is 20.0. The van der Waals surface area contributed by atoms with Crippen molar-refractivity contribution in [3.05, 3.63) is 75.8 Å². The number of para-hydroxylation sites is 1. The van der Waals surface area contributed by atoms with Crippen LogP contribution in [-0.4, -0.2) is 58.5 Å². The van der Waals surface area contributed by atoms with Gasteiger partial charge in [-0.15, -0.1) is 0 Å². The van der Waals surface area contributed by atoms with Gasteiger partial charge < -0.3 is 10.0 Å². The van der Waals surface area contributed by atoms with Gasteiger partial charge in [0.25, 0.3) is 5.69 Å². The zero-order valence-corrected chi connectivity index (χ0v) is 15.9. The summed E-state index contributed by atoms with van der Waals surface area (Å²) in [7, 11) is 1.74. The van der Waals surface area contributed by atoms with Crippen LogP contribution in [0.4, 0.5) is 5.69 Å². The van der Waals surface area contributed by atoms with Crippen molar-refractivity contribution < 1.29 is 14.8 Å². The summed E-state index contributed by atoms with van der Waals surface area (Å²) in [5.74, 6) is -0.178. The van der Waals surface area contributed by atoms with E-state index in [2.05, 4.69) is 4.90 Å². The lowest BCUT2D eigenvalue weighted by Gasteiger charge is -2.32. The zero-order valence-electron chi connectivity index (χ0n) is 15.9. The van der Waals surface area contributed by atoms with Crippen LogP contribution in [-0.2, 0) is 11.2 Å². The Hall–Kier alpha value is -2.77. The van der Waals surface area contributed by atoms with Crippen LogP contribution >= 0.6 is 0 Å². The van der Waals surface area contributed by atoms with E-state index in [1.807, 2.05) is 30.3 Å². The largest absolute Gasteiger partial charge is 0.392 e. The first-order chi connectivity index (χ1) is 13.5. The molecule has 0 radical (unpaired) electrons. The van der Waals surface area contributed by atoms with Crippen LogP contribution in [0.5, 0.6) is 0 Å². The normalized spacial score (nSPS) is 18.0. The number of aliphatic hydroxyl groups excluding tert-OH is 1. The zero-order chi connectivity index (χ0) is 20.1. The molecule has 0 saturated carbocycles. The molecule has 1 fully saturated rings. The van der Waals surface area contributed by atoms with Gasteiger partial charge in [-0.25, -0.2) is 0 Å². The number of carbonyl (C=O) groups excluding carboxylic acids is 1. The molecular weight excluding hydrogens is 358 g/mol. The summed E-state index contributed by atoms with van der Waals surface area (Å²) in [6.07, 6.45) is 0.374. The topological polar surface area (TPSA) is 86.9 Å². The minimum Gasteiger partial charge on any atom is -0.392 e. The smallest absolute Gasteiger partial charge is 0.273 e. The van der Waals surface area contributed by atoms with Crippen LogP contribution in [0.2, 0.25) is 0 Å². The Kier molecular flexibility index (Phi) is 6.38. The fraction of sp³-hybridized carbons (Fsp3) is 0.381. The summed E-state index contributed by atoms with van der Waals surface area (Å²) >= 11 is 0. The number of amides is 1. The summed E-state index contributed by atoms with van der Waals surface area (Å²) in [4.78, 5) is 27.6. The second-order valence-corrected chi connectivity index (χ2v) is 7.20. The van der Waals surface area contributed by atoms with E-state index in [0.717, 1.165) is 18.5 Å². The average Bonchev–Trinajstić information content (AvgIpc) is 3.11. The van der Waals surface area contributed by atoms with Crippen LogP contribution in [0.15, 0.2) is 54.6 Å². The minimum atomic E-state index is -0.455. The van der Waals surface area contributed by atoms with Crippen molar-refractivity contribution in [2.75, 3.05) is 26.7 Å². The molecule has 1 amide bonds. The van der Waals surface area contributed by atoms with E-state index in [-0.39, 0.29) is 30.2 Å². The van der Waals surface area contributed by atoms with Crippen LogP contribution in [0.25, 0.3) is 0 Å². The molecule has 0 aliphatic carbocycles. The molecule has 28 heavy (non-hydrogen) atoms. The Morgan fingerprint density at radius 1 is 1.25 bits per heavy atom. The molecule has 2 atom stereocenters. The Bertz CT molecular complexity index is 827. The fourth-order valence-corrected chi connectivity index (χ4v) is 3.65. The lowest BCUT2D eigenvalue weighted by atomic mass is 10.0. The molecule has 3 rings (SSSR count). The molecule has 1 aliphatic rings. The molecular formula is C21H25N3O4. The molecule has 1 heterocycles. The molecule has 1 N–H and O–H groups in total. The molecule has 7 nitrogen and oxygen atoms in total. The lowest BCUT2D eigenvalue weighted by Crippen LogP contribution is -2.39. The van der Waals surface area contributed by atoms with Crippen molar-refractivity contribution in [2.24, 2.45) is 0 Å². The maximum Gasteiger partial charge on any atom is 0.273 e. The number of nitrogens with zero attached hydrogens (tertiary/aromatic N) is 3. The van der Waals surface area contributed by atoms with Gasteiger partial charge in [-0.1, -0.05) is 48.5 Å². The summed E-state index contributed by atoms with van der Waals surface area (Å²) in [5, 5.41) is 21.1. The first-order valence-electron chi connectivity index (χ1n) is 9.39. The SMILES string of the molecule is CN(C(=O)Cc1ccccc1[N+](=O)[O-])[C@H](CN1CC[C@H](O)C1)c1ccccc1. The van der Waals surface area contributed by atoms with Gasteiger partial charge in [0, 0.05) is 38.3 Å². The standard InChI is InChI=1S/C21H25N3O4/c1-22(21(26)13-17-9-5-6-10-19(17)24(27)28)20(16-7-3-2-4-8-16)15-23-12-11-18(25)14-23/h2-10,18,20,25H,11-15H2,1H3/t18-,20+/m0/s1. The summed E-state index contributed by atoms with van der Waals surface area (Å²) < 4.78 is 0. The fourth-order valence-electron chi connectivity index (χ4n) is 3.65. The predicted molar refractivity (Wildman–Crippen MR) is 106 cm³/mol. The van der Waals surface area contributed by atoms with Gasteiger partial charge in [0.1, 0.15) is 0 Å². The third-order valence-electron chi connectivity index (χ3n) is 5.25. The first-order valence-corrected chi connectivity index (χ1v) is 9.39. The molecule has 148 valence electrons.